The second kappa shape index (κ2) is 8.09. The molecule has 0 aliphatic rings. The lowest BCUT2D eigenvalue weighted by Crippen LogP contribution is -2.13. The average molecular weight is 362 g/mol. The molecule has 2 N–H and O–H groups in total. The van der Waals surface area contributed by atoms with Crippen molar-refractivity contribution in [2.45, 2.75) is 6.92 Å². The summed E-state index contributed by atoms with van der Waals surface area (Å²) >= 11 is 0. The van der Waals surface area contributed by atoms with Gasteiger partial charge in [-0.3, -0.25) is 4.79 Å². The lowest BCUT2D eigenvalue weighted by Gasteiger charge is -2.10. The van der Waals surface area contributed by atoms with E-state index in [1.807, 2.05) is 31.2 Å². The number of amides is 1. The second-order valence-electron chi connectivity index (χ2n) is 5.78. The van der Waals surface area contributed by atoms with E-state index < -0.39 is 5.97 Å². The van der Waals surface area contributed by atoms with Gasteiger partial charge in [0.05, 0.1) is 23.9 Å². The molecule has 3 aromatic rings. The topological polar surface area (TPSA) is 93.2 Å². The van der Waals surface area contributed by atoms with Crippen LogP contribution in [0.2, 0.25) is 0 Å². The summed E-state index contributed by atoms with van der Waals surface area (Å²) in [6.45, 7) is 1.98. The van der Waals surface area contributed by atoms with Crippen LogP contribution in [0, 0.1) is 6.92 Å². The van der Waals surface area contributed by atoms with Crippen LogP contribution in [-0.2, 0) is 4.74 Å². The highest BCUT2D eigenvalue weighted by molar-refractivity contribution is 6.04. The van der Waals surface area contributed by atoms with Crippen LogP contribution < -0.4 is 10.6 Å². The summed E-state index contributed by atoms with van der Waals surface area (Å²) in [6, 6.07) is 14.3. The highest BCUT2D eigenvalue weighted by Gasteiger charge is 2.13. The molecule has 0 saturated heterocycles. The van der Waals surface area contributed by atoms with Crippen LogP contribution in [0.15, 0.2) is 60.9 Å². The van der Waals surface area contributed by atoms with Gasteiger partial charge in [-0.15, -0.1) is 0 Å². The van der Waals surface area contributed by atoms with Crippen molar-refractivity contribution in [3.05, 3.63) is 77.6 Å². The van der Waals surface area contributed by atoms with Crippen LogP contribution in [-0.4, -0.2) is 29.0 Å². The van der Waals surface area contributed by atoms with Crippen molar-refractivity contribution in [2.24, 2.45) is 0 Å². The molecule has 0 fully saturated rings. The van der Waals surface area contributed by atoms with Crippen LogP contribution in [0.4, 0.5) is 17.3 Å². The molecule has 0 radical (unpaired) electrons. The van der Waals surface area contributed by atoms with Gasteiger partial charge in [-0.05, 0) is 31.2 Å². The number of anilines is 3. The number of nitrogens with zero attached hydrogens (tertiary/aromatic N) is 2. The van der Waals surface area contributed by atoms with Gasteiger partial charge in [-0.1, -0.05) is 29.8 Å². The summed E-state index contributed by atoms with van der Waals surface area (Å²) in [5.74, 6) is -0.509. The zero-order valence-electron chi connectivity index (χ0n) is 14.9. The minimum absolute atomic E-state index is 0.262. The molecule has 3 rings (SSSR count). The highest BCUT2D eigenvalue weighted by Crippen LogP contribution is 2.19. The lowest BCUT2D eigenvalue weighted by molar-refractivity contribution is 0.0601. The average Bonchev–Trinajstić information content (AvgIpc) is 2.70. The first kappa shape index (κ1) is 18.1. The largest absolute Gasteiger partial charge is 0.465 e. The number of carbonyl (C=O) groups excluding carboxylic acids is 2. The van der Waals surface area contributed by atoms with Crippen LogP contribution in [0.3, 0.4) is 0 Å². The molecule has 1 amide bonds. The van der Waals surface area contributed by atoms with E-state index >= 15 is 0 Å². The van der Waals surface area contributed by atoms with E-state index in [2.05, 4.69) is 20.6 Å². The summed E-state index contributed by atoms with van der Waals surface area (Å²) in [6.07, 6.45) is 2.83. The molecule has 7 heteroatoms. The normalized spacial score (nSPS) is 10.1. The van der Waals surface area contributed by atoms with E-state index in [0.717, 1.165) is 5.56 Å². The number of hydrogen-bond acceptors (Lipinski definition) is 6. The fourth-order valence-electron chi connectivity index (χ4n) is 2.35. The molecule has 136 valence electrons. The number of para-hydroxylation sites is 1. The molecule has 1 aromatic heterocycles. The Bertz CT molecular complexity index is 954. The van der Waals surface area contributed by atoms with Gasteiger partial charge >= 0.3 is 5.97 Å². The predicted molar refractivity (Wildman–Crippen MR) is 102 cm³/mol. The Kier molecular flexibility index (Phi) is 5.41. The zero-order chi connectivity index (χ0) is 19.2. The maximum absolute atomic E-state index is 12.3. The van der Waals surface area contributed by atoms with Crippen molar-refractivity contribution >= 4 is 29.2 Å². The number of rotatable bonds is 5. The quantitative estimate of drug-likeness (QED) is 0.674. The molecular formula is C20H18N4O3. The van der Waals surface area contributed by atoms with Crippen LogP contribution in [0.5, 0.6) is 0 Å². The molecule has 0 aliphatic carbocycles. The molecule has 1 heterocycles. The molecule has 2 aromatic carbocycles. The molecule has 0 bridgehead atoms. The number of nitrogens with one attached hydrogen (secondary N) is 2. The van der Waals surface area contributed by atoms with E-state index in [1.165, 1.54) is 19.5 Å². The minimum Gasteiger partial charge on any atom is -0.465 e. The first-order chi connectivity index (χ1) is 13.1. The van der Waals surface area contributed by atoms with Crippen molar-refractivity contribution < 1.29 is 14.3 Å². The van der Waals surface area contributed by atoms with Crippen molar-refractivity contribution in [3.63, 3.8) is 0 Å². The molecule has 0 atom stereocenters. The Labute approximate surface area is 156 Å². The number of aryl methyl sites for hydroxylation is 1. The van der Waals surface area contributed by atoms with Crippen LogP contribution >= 0.6 is 0 Å². The first-order valence-corrected chi connectivity index (χ1v) is 8.21. The number of ether oxygens (including phenoxy) is 1. The van der Waals surface area contributed by atoms with Gasteiger partial charge in [0.2, 0.25) is 5.95 Å². The molecular weight excluding hydrogens is 344 g/mol. The monoisotopic (exact) mass is 362 g/mol. The summed E-state index contributed by atoms with van der Waals surface area (Å²) in [7, 11) is 1.32. The molecule has 0 aliphatic heterocycles. The lowest BCUT2D eigenvalue weighted by atomic mass is 10.2. The first-order valence-electron chi connectivity index (χ1n) is 8.21. The predicted octanol–water partition coefficient (Wildman–Crippen LogP) is 3.57. The summed E-state index contributed by atoms with van der Waals surface area (Å²) in [5.41, 5.74) is 3.01. The number of methoxy groups -OCH3 is 1. The molecule has 0 unspecified atom stereocenters. The fraction of sp³-hybridized carbons (Fsp3) is 0.100. The number of benzene rings is 2. The maximum atomic E-state index is 12.3. The smallest absolute Gasteiger partial charge is 0.339 e. The SMILES string of the molecule is COC(=O)c1ccccc1Nc1ncc(C(=O)Nc2ccc(C)cc2)cn1. The van der Waals surface area contributed by atoms with Crippen molar-refractivity contribution in [1.82, 2.24) is 9.97 Å². The van der Waals surface area contributed by atoms with Gasteiger partial charge in [-0.25, -0.2) is 14.8 Å². The zero-order valence-corrected chi connectivity index (χ0v) is 14.9. The number of hydrogen-bond donors (Lipinski definition) is 2. The van der Waals surface area contributed by atoms with Gasteiger partial charge in [-0.2, -0.15) is 0 Å². The second-order valence-corrected chi connectivity index (χ2v) is 5.78. The Balaban J connectivity index is 1.71. The summed E-state index contributed by atoms with van der Waals surface area (Å²) in [4.78, 5) is 32.4. The standard InChI is InChI=1S/C20H18N4O3/c1-13-7-9-15(10-8-13)23-18(25)14-11-21-20(22-12-14)24-17-6-4-3-5-16(17)19(26)27-2/h3-12H,1-2H3,(H,23,25)(H,21,22,24). The third kappa shape index (κ3) is 4.46. The Morgan fingerprint density at radius 2 is 1.63 bits per heavy atom. The number of aromatic nitrogens is 2. The van der Waals surface area contributed by atoms with Gasteiger partial charge in [0.25, 0.3) is 5.91 Å². The molecule has 27 heavy (non-hydrogen) atoms. The molecule has 7 nitrogen and oxygen atoms in total. The van der Waals surface area contributed by atoms with Crippen LogP contribution in [0.1, 0.15) is 26.3 Å². The molecule has 0 saturated carbocycles. The maximum Gasteiger partial charge on any atom is 0.339 e. The molecule has 0 spiro atoms. The van der Waals surface area contributed by atoms with Crippen molar-refractivity contribution in [1.29, 1.82) is 0 Å². The third-order valence-electron chi connectivity index (χ3n) is 3.80. The van der Waals surface area contributed by atoms with Gasteiger partial charge in [0, 0.05) is 18.1 Å². The van der Waals surface area contributed by atoms with E-state index in [9.17, 15) is 9.59 Å². The number of esters is 1. The Morgan fingerprint density at radius 1 is 0.963 bits per heavy atom. The van der Waals surface area contributed by atoms with Crippen LogP contribution in [0.25, 0.3) is 0 Å². The van der Waals surface area contributed by atoms with E-state index in [-0.39, 0.29) is 11.9 Å². The minimum atomic E-state index is -0.466. The van der Waals surface area contributed by atoms with Gasteiger partial charge < -0.3 is 15.4 Å². The Morgan fingerprint density at radius 3 is 2.30 bits per heavy atom. The summed E-state index contributed by atoms with van der Waals surface area (Å²) < 4.78 is 4.76. The van der Waals surface area contributed by atoms with Crippen molar-refractivity contribution in [3.8, 4) is 0 Å². The highest BCUT2D eigenvalue weighted by atomic mass is 16.5. The number of carbonyl (C=O) groups is 2. The fourth-order valence-corrected chi connectivity index (χ4v) is 2.35. The van der Waals surface area contributed by atoms with Crippen molar-refractivity contribution in [2.75, 3.05) is 17.7 Å². The van der Waals surface area contributed by atoms with E-state index in [4.69, 9.17) is 4.74 Å². The van der Waals surface area contributed by atoms with Gasteiger partial charge in [0.15, 0.2) is 0 Å². The Hall–Kier alpha value is -3.74. The van der Waals surface area contributed by atoms with E-state index in [1.54, 1.807) is 24.3 Å². The van der Waals surface area contributed by atoms with E-state index in [0.29, 0.717) is 22.5 Å². The third-order valence-corrected chi connectivity index (χ3v) is 3.80. The summed E-state index contributed by atoms with van der Waals surface area (Å²) in [5, 5.41) is 5.74. The van der Waals surface area contributed by atoms with Gasteiger partial charge in [0.1, 0.15) is 0 Å².